The molecule has 0 saturated carbocycles. The number of carbonyl (C=O) groups is 1. The van der Waals surface area contributed by atoms with E-state index in [0.717, 1.165) is 19.6 Å². The van der Waals surface area contributed by atoms with Crippen molar-refractivity contribution in [3.05, 3.63) is 0 Å². The number of hydrogen-bond acceptors (Lipinski definition) is 3. The van der Waals surface area contributed by atoms with Crippen molar-refractivity contribution in [3.8, 4) is 0 Å². The molecular weight excluding hydrogens is 238 g/mol. The fourth-order valence-corrected chi connectivity index (χ4v) is 3.22. The van der Waals surface area contributed by atoms with Crippen LogP contribution in [0.2, 0.25) is 0 Å². The molecule has 0 radical (unpaired) electrons. The van der Waals surface area contributed by atoms with Gasteiger partial charge in [0.05, 0.1) is 12.7 Å². The Kier molecular flexibility index (Phi) is 5.22. The molecular formula is C15H29N3O. The van der Waals surface area contributed by atoms with Crippen LogP contribution in [0.3, 0.4) is 0 Å². The number of rotatable bonds is 5. The second-order valence-electron chi connectivity index (χ2n) is 6.56. The first-order valence-corrected chi connectivity index (χ1v) is 7.84. The fourth-order valence-electron chi connectivity index (χ4n) is 3.22. The van der Waals surface area contributed by atoms with E-state index in [-0.39, 0.29) is 6.04 Å². The van der Waals surface area contributed by atoms with Gasteiger partial charge in [0.2, 0.25) is 5.91 Å². The van der Waals surface area contributed by atoms with Gasteiger partial charge in [-0.2, -0.15) is 0 Å². The van der Waals surface area contributed by atoms with Crippen molar-refractivity contribution in [1.29, 1.82) is 0 Å². The molecule has 2 aliphatic rings. The quantitative estimate of drug-likeness (QED) is 0.823. The smallest absolute Gasteiger partial charge is 0.241 e. The molecule has 2 unspecified atom stereocenters. The van der Waals surface area contributed by atoms with Gasteiger partial charge < -0.3 is 9.80 Å². The first kappa shape index (κ1) is 14.8. The zero-order chi connectivity index (χ0) is 13.8. The van der Waals surface area contributed by atoms with Gasteiger partial charge in [0, 0.05) is 12.6 Å². The minimum absolute atomic E-state index is 0.0452. The highest BCUT2D eigenvalue weighted by molar-refractivity contribution is 5.84. The van der Waals surface area contributed by atoms with E-state index in [9.17, 15) is 4.79 Å². The molecule has 2 atom stereocenters. The number of nitrogens with zero attached hydrogens (tertiary/aromatic N) is 2. The van der Waals surface area contributed by atoms with Crippen LogP contribution in [-0.2, 0) is 4.79 Å². The van der Waals surface area contributed by atoms with Crippen LogP contribution in [0.15, 0.2) is 0 Å². The van der Waals surface area contributed by atoms with Gasteiger partial charge in [-0.15, -0.1) is 0 Å². The average Bonchev–Trinajstić information content (AvgIpc) is 2.72. The highest BCUT2D eigenvalue weighted by atomic mass is 16.2. The molecule has 4 nitrogen and oxygen atoms in total. The molecule has 110 valence electrons. The standard InChI is InChI=1S/C15H29N3O/c1-12(2)9-14-15(19)18(11-16-14)13(3)10-17-7-5-4-6-8-17/h12-14,16H,4-11H2,1-3H3. The van der Waals surface area contributed by atoms with E-state index >= 15 is 0 Å². The second-order valence-corrected chi connectivity index (χ2v) is 6.56. The third-order valence-electron chi connectivity index (χ3n) is 4.30. The number of hydrogen-bond donors (Lipinski definition) is 1. The molecule has 2 heterocycles. The molecule has 0 spiro atoms. The van der Waals surface area contributed by atoms with Crippen LogP contribution in [0.5, 0.6) is 0 Å². The Morgan fingerprint density at radius 1 is 1.21 bits per heavy atom. The van der Waals surface area contributed by atoms with Crippen molar-refractivity contribution < 1.29 is 4.79 Å². The lowest BCUT2D eigenvalue weighted by atomic mass is 10.0. The summed E-state index contributed by atoms with van der Waals surface area (Å²) in [4.78, 5) is 16.9. The lowest BCUT2D eigenvalue weighted by molar-refractivity contribution is -0.131. The number of amides is 1. The van der Waals surface area contributed by atoms with E-state index in [0.29, 0.717) is 17.9 Å². The predicted octanol–water partition coefficient (Wildman–Crippen LogP) is 1.66. The van der Waals surface area contributed by atoms with Crippen LogP contribution in [0, 0.1) is 5.92 Å². The van der Waals surface area contributed by atoms with E-state index in [1.807, 2.05) is 4.90 Å². The fraction of sp³-hybridized carbons (Fsp3) is 0.933. The van der Waals surface area contributed by atoms with E-state index in [1.54, 1.807) is 0 Å². The Labute approximate surface area is 117 Å². The van der Waals surface area contributed by atoms with Gasteiger partial charge >= 0.3 is 0 Å². The van der Waals surface area contributed by atoms with Crippen LogP contribution < -0.4 is 5.32 Å². The first-order valence-electron chi connectivity index (χ1n) is 7.84. The minimum atomic E-state index is 0.0452. The molecule has 0 aromatic rings. The minimum Gasteiger partial charge on any atom is -0.325 e. The summed E-state index contributed by atoms with van der Waals surface area (Å²) in [5.74, 6) is 0.872. The van der Waals surface area contributed by atoms with Crippen LogP contribution in [0.25, 0.3) is 0 Å². The molecule has 0 aromatic heterocycles. The third kappa shape index (κ3) is 3.93. The van der Waals surface area contributed by atoms with Crippen molar-refractivity contribution in [2.45, 2.75) is 58.5 Å². The van der Waals surface area contributed by atoms with Gasteiger partial charge in [-0.25, -0.2) is 0 Å². The average molecular weight is 267 g/mol. The van der Waals surface area contributed by atoms with Crippen molar-refractivity contribution in [2.75, 3.05) is 26.3 Å². The van der Waals surface area contributed by atoms with Gasteiger partial charge in [0.15, 0.2) is 0 Å². The highest BCUT2D eigenvalue weighted by Crippen LogP contribution is 2.17. The summed E-state index contributed by atoms with van der Waals surface area (Å²) in [6.07, 6.45) is 4.95. The van der Waals surface area contributed by atoms with Crippen LogP contribution >= 0.6 is 0 Å². The van der Waals surface area contributed by atoms with Crippen LogP contribution in [0.4, 0.5) is 0 Å². The summed E-state index contributed by atoms with van der Waals surface area (Å²) in [5.41, 5.74) is 0. The van der Waals surface area contributed by atoms with Crippen LogP contribution in [0.1, 0.15) is 46.5 Å². The van der Waals surface area contributed by atoms with Crippen LogP contribution in [-0.4, -0.2) is 54.1 Å². The number of nitrogens with one attached hydrogen (secondary N) is 1. The number of piperidine rings is 1. The molecule has 0 bridgehead atoms. The highest BCUT2D eigenvalue weighted by Gasteiger charge is 2.34. The molecule has 1 amide bonds. The first-order chi connectivity index (χ1) is 9.08. The van der Waals surface area contributed by atoms with Gasteiger partial charge in [0.1, 0.15) is 0 Å². The van der Waals surface area contributed by atoms with Crippen molar-refractivity contribution in [2.24, 2.45) is 5.92 Å². The number of likely N-dealkylation sites (tertiary alicyclic amines) is 1. The molecule has 19 heavy (non-hydrogen) atoms. The summed E-state index contributed by atoms with van der Waals surface area (Å²) in [7, 11) is 0. The van der Waals surface area contributed by atoms with E-state index in [1.165, 1.54) is 32.4 Å². The Balaban J connectivity index is 1.82. The van der Waals surface area contributed by atoms with Crippen molar-refractivity contribution in [3.63, 3.8) is 0 Å². The maximum Gasteiger partial charge on any atom is 0.241 e. The molecule has 2 saturated heterocycles. The molecule has 2 aliphatic heterocycles. The molecule has 2 fully saturated rings. The topological polar surface area (TPSA) is 35.6 Å². The van der Waals surface area contributed by atoms with E-state index < -0.39 is 0 Å². The molecule has 2 rings (SSSR count). The Morgan fingerprint density at radius 3 is 2.53 bits per heavy atom. The van der Waals surface area contributed by atoms with E-state index in [4.69, 9.17) is 0 Å². The lowest BCUT2D eigenvalue weighted by Gasteiger charge is -2.32. The molecule has 4 heteroatoms. The zero-order valence-corrected chi connectivity index (χ0v) is 12.7. The largest absolute Gasteiger partial charge is 0.325 e. The van der Waals surface area contributed by atoms with Crippen molar-refractivity contribution in [1.82, 2.24) is 15.1 Å². The second kappa shape index (κ2) is 6.71. The van der Waals surface area contributed by atoms with E-state index in [2.05, 4.69) is 31.0 Å². The van der Waals surface area contributed by atoms with Gasteiger partial charge in [-0.1, -0.05) is 20.3 Å². The Morgan fingerprint density at radius 2 is 1.89 bits per heavy atom. The third-order valence-corrected chi connectivity index (χ3v) is 4.30. The monoisotopic (exact) mass is 267 g/mol. The summed E-state index contributed by atoms with van der Waals surface area (Å²) < 4.78 is 0. The summed E-state index contributed by atoms with van der Waals surface area (Å²) >= 11 is 0. The summed E-state index contributed by atoms with van der Waals surface area (Å²) in [5, 5.41) is 3.36. The molecule has 1 N–H and O–H groups in total. The summed E-state index contributed by atoms with van der Waals surface area (Å²) in [6.45, 7) is 10.7. The number of carbonyl (C=O) groups excluding carboxylic acids is 1. The maximum absolute atomic E-state index is 12.4. The maximum atomic E-state index is 12.4. The summed E-state index contributed by atoms with van der Waals surface area (Å²) in [6, 6.07) is 0.374. The predicted molar refractivity (Wildman–Crippen MR) is 77.8 cm³/mol. The molecule has 0 aliphatic carbocycles. The van der Waals surface area contributed by atoms with Gasteiger partial charge in [-0.3, -0.25) is 10.1 Å². The zero-order valence-electron chi connectivity index (χ0n) is 12.7. The van der Waals surface area contributed by atoms with Gasteiger partial charge in [-0.05, 0) is 45.2 Å². The van der Waals surface area contributed by atoms with Crippen molar-refractivity contribution >= 4 is 5.91 Å². The molecule has 0 aromatic carbocycles. The van der Waals surface area contributed by atoms with Gasteiger partial charge in [0.25, 0.3) is 0 Å². The normalized spacial score (nSPS) is 27.3. The Hall–Kier alpha value is -0.610. The SMILES string of the molecule is CC(C)CC1NCN(C(C)CN2CCCCC2)C1=O. The lowest BCUT2D eigenvalue weighted by Crippen LogP contribution is -2.45. The Bertz CT molecular complexity index is 300.